The molecule has 2 heterocycles. The van der Waals surface area contributed by atoms with E-state index in [9.17, 15) is 19.7 Å². The molecule has 1 fully saturated rings. The van der Waals surface area contributed by atoms with Crippen LogP contribution in [0, 0.1) is 29.9 Å². The molecule has 1 aromatic heterocycles. The van der Waals surface area contributed by atoms with Crippen LogP contribution in [-0.2, 0) is 0 Å². The number of thiophene rings is 1. The molecular formula is C20H24N4O4S. The van der Waals surface area contributed by atoms with Crippen LogP contribution in [0.15, 0.2) is 18.2 Å². The van der Waals surface area contributed by atoms with Gasteiger partial charge in [-0.1, -0.05) is 6.92 Å². The minimum atomic E-state index is -0.622. The number of nitrogens with two attached hydrogens (primary N) is 1. The summed E-state index contributed by atoms with van der Waals surface area (Å²) in [6.07, 6.45) is 1.96. The minimum Gasteiger partial charge on any atom is -0.366 e. The summed E-state index contributed by atoms with van der Waals surface area (Å²) in [5, 5.41) is 14.7. The molecule has 0 spiro atoms. The molecule has 1 aromatic carbocycles. The van der Waals surface area contributed by atoms with E-state index >= 15 is 0 Å². The number of nitrogens with zero attached hydrogens (tertiary/aromatic N) is 2. The summed E-state index contributed by atoms with van der Waals surface area (Å²) in [5.74, 6) is -0.536. The maximum absolute atomic E-state index is 12.7. The van der Waals surface area contributed by atoms with Gasteiger partial charge in [0, 0.05) is 29.6 Å². The highest BCUT2D eigenvalue weighted by Gasteiger charge is 2.26. The van der Waals surface area contributed by atoms with E-state index in [1.807, 2.05) is 11.8 Å². The van der Waals surface area contributed by atoms with Crippen molar-refractivity contribution >= 4 is 39.5 Å². The molecule has 8 nitrogen and oxygen atoms in total. The first-order valence-corrected chi connectivity index (χ1v) is 10.2. The van der Waals surface area contributed by atoms with Gasteiger partial charge in [0.25, 0.3) is 17.5 Å². The number of nitro groups is 1. The molecular weight excluding hydrogens is 392 g/mol. The van der Waals surface area contributed by atoms with Crippen molar-refractivity contribution in [3.05, 3.63) is 49.9 Å². The third kappa shape index (κ3) is 4.24. The molecule has 9 heteroatoms. The zero-order chi connectivity index (χ0) is 21.3. The summed E-state index contributed by atoms with van der Waals surface area (Å²) in [5.41, 5.74) is 7.02. The molecule has 0 unspecified atom stereocenters. The van der Waals surface area contributed by atoms with Crippen LogP contribution >= 0.6 is 11.3 Å². The van der Waals surface area contributed by atoms with E-state index < -0.39 is 16.7 Å². The number of aryl methyl sites for hydroxylation is 1. The molecule has 1 aliphatic rings. The highest BCUT2D eigenvalue weighted by atomic mass is 32.1. The van der Waals surface area contributed by atoms with Crippen LogP contribution in [0.3, 0.4) is 0 Å². The van der Waals surface area contributed by atoms with Crippen LogP contribution in [0.1, 0.15) is 50.9 Å². The third-order valence-electron chi connectivity index (χ3n) is 5.42. The van der Waals surface area contributed by atoms with Gasteiger partial charge in [0.1, 0.15) is 10.7 Å². The lowest BCUT2D eigenvalue weighted by atomic mass is 9.98. The number of hydrogen-bond donors (Lipinski definition) is 2. The van der Waals surface area contributed by atoms with Crippen LogP contribution in [0.4, 0.5) is 16.4 Å². The van der Waals surface area contributed by atoms with Crippen molar-refractivity contribution in [3.63, 3.8) is 0 Å². The zero-order valence-corrected chi connectivity index (χ0v) is 17.5. The summed E-state index contributed by atoms with van der Waals surface area (Å²) >= 11 is 1.25. The van der Waals surface area contributed by atoms with E-state index in [4.69, 9.17) is 5.73 Å². The lowest BCUT2D eigenvalue weighted by Gasteiger charge is -2.31. The van der Waals surface area contributed by atoms with Gasteiger partial charge in [0.2, 0.25) is 0 Å². The third-order valence-corrected chi connectivity index (χ3v) is 6.54. The van der Waals surface area contributed by atoms with Crippen molar-refractivity contribution in [2.24, 2.45) is 11.7 Å². The second-order valence-corrected chi connectivity index (χ2v) is 8.66. The maximum Gasteiger partial charge on any atom is 0.293 e. The Kier molecular flexibility index (Phi) is 5.88. The molecule has 3 N–H and O–H groups in total. The van der Waals surface area contributed by atoms with E-state index in [2.05, 4.69) is 12.2 Å². The standard InChI is InChI=1S/C20H24N4O4S/c1-11-6-8-23(9-7-11)15-5-4-14(10-16(15)24(27)28)19(26)22-20-17(18(21)25)12(2)13(3)29-20/h4-5,10-11H,6-9H2,1-3H3,(H2,21,25)(H,22,26). The van der Waals surface area contributed by atoms with Gasteiger partial charge in [-0.15, -0.1) is 11.3 Å². The number of rotatable bonds is 5. The Hall–Kier alpha value is -2.94. The summed E-state index contributed by atoms with van der Waals surface area (Å²) in [4.78, 5) is 38.5. The number of benzene rings is 1. The summed E-state index contributed by atoms with van der Waals surface area (Å²) in [6, 6.07) is 4.50. The van der Waals surface area contributed by atoms with E-state index in [0.29, 0.717) is 16.6 Å². The highest BCUT2D eigenvalue weighted by Crippen LogP contribution is 2.34. The largest absolute Gasteiger partial charge is 0.366 e. The molecule has 2 aromatic rings. The number of nitro benzene ring substituents is 1. The quantitative estimate of drug-likeness (QED) is 0.567. The lowest BCUT2D eigenvalue weighted by molar-refractivity contribution is -0.384. The van der Waals surface area contributed by atoms with Gasteiger partial charge in [-0.3, -0.25) is 19.7 Å². The first kappa shape index (κ1) is 20.8. The first-order chi connectivity index (χ1) is 13.7. The molecule has 0 aliphatic carbocycles. The first-order valence-electron chi connectivity index (χ1n) is 9.43. The fourth-order valence-electron chi connectivity index (χ4n) is 3.51. The van der Waals surface area contributed by atoms with Crippen molar-refractivity contribution in [3.8, 4) is 0 Å². The number of carbonyl (C=O) groups excluding carboxylic acids is 2. The van der Waals surface area contributed by atoms with Gasteiger partial charge in [0.05, 0.1) is 10.5 Å². The number of anilines is 2. The molecule has 0 saturated carbocycles. The predicted molar refractivity (Wildman–Crippen MR) is 114 cm³/mol. The number of nitrogens with one attached hydrogen (secondary N) is 1. The molecule has 2 amide bonds. The molecule has 29 heavy (non-hydrogen) atoms. The van der Waals surface area contributed by atoms with E-state index in [1.54, 1.807) is 19.1 Å². The lowest BCUT2D eigenvalue weighted by Crippen LogP contribution is -2.33. The van der Waals surface area contributed by atoms with Crippen molar-refractivity contribution in [2.75, 3.05) is 23.3 Å². The monoisotopic (exact) mass is 416 g/mol. The van der Waals surface area contributed by atoms with Gasteiger partial charge in [0.15, 0.2) is 0 Å². The van der Waals surface area contributed by atoms with Crippen LogP contribution < -0.4 is 16.0 Å². The minimum absolute atomic E-state index is 0.0964. The zero-order valence-electron chi connectivity index (χ0n) is 16.7. The number of amides is 2. The number of piperidine rings is 1. The highest BCUT2D eigenvalue weighted by molar-refractivity contribution is 7.16. The topological polar surface area (TPSA) is 119 Å². The average Bonchev–Trinajstić information content (AvgIpc) is 2.95. The Bertz CT molecular complexity index is 977. The summed E-state index contributed by atoms with van der Waals surface area (Å²) in [6.45, 7) is 7.28. The average molecular weight is 417 g/mol. The Labute approximate surface area is 172 Å². The molecule has 0 bridgehead atoms. The van der Waals surface area contributed by atoms with E-state index in [0.717, 1.165) is 36.4 Å². The molecule has 0 atom stereocenters. The molecule has 1 aliphatic heterocycles. The Morgan fingerprint density at radius 3 is 2.52 bits per heavy atom. The molecule has 1 saturated heterocycles. The van der Waals surface area contributed by atoms with Gasteiger partial charge >= 0.3 is 0 Å². The fraction of sp³-hybridized carbons (Fsp3) is 0.400. The van der Waals surface area contributed by atoms with Crippen LogP contribution in [-0.4, -0.2) is 29.8 Å². The van der Waals surface area contributed by atoms with Crippen molar-refractivity contribution in [1.29, 1.82) is 0 Å². The van der Waals surface area contributed by atoms with Gasteiger partial charge in [-0.25, -0.2) is 0 Å². The second-order valence-electron chi connectivity index (χ2n) is 7.44. The number of hydrogen-bond acceptors (Lipinski definition) is 6. The predicted octanol–water partition coefficient (Wildman–Crippen LogP) is 3.86. The van der Waals surface area contributed by atoms with Crippen molar-refractivity contribution in [1.82, 2.24) is 0 Å². The second kappa shape index (κ2) is 8.20. The van der Waals surface area contributed by atoms with Crippen LogP contribution in [0.25, 0.3) is 0 Å². The molecule has 0 radical (unpaired) electrons. The SMILES string of the molecule is Cc1sc(NC(=O)c2ccc(N3CCC(C)CC3)c([N+](=O)[O-])c2)c(C(N)=O)c1C. The van der Waals surface area contributed by atoms with Crippen molar-refractivity contribution in [2.45, 2.75) is 33.6 Å². The normalized spacial score (nSPS) is 14.7. The Balaban J connectivity index is 1.89. The van der Waals surface area contributed by atoms with Crippen molar-refractivity contribution < 1.29 is 14.5 Å². The summed E-state index contributed by atoms with van der Waals surface area (Å²) in [7, 11) is 0. The Morgan fingerprint density at radius 1 is 1.28 bits per heavy atom. The van der Waals surface area contributed by atoms with E-state index in [-0.39, 0.29) is 16.8 Å². The van der Waals surface area contributed by atoms with Gasteiger partial charge < -0.3 is 16.0 Å². The summed E-state index contributed by atoms with van der Waals surface area (Å²) < 4.78 is 0. The van der Waals surface area contributed by atoms with E-state index in [1.165, 1.54) is 17.4 Å². The molecule has 154 valence electrons. The van der Waals surface area contributed by atoms with Gasteiger partial charge in [-0.2, -0.15) is 0 Å². The van der Waals surface area contributed by atoms with Crippen LogP contribution in [0.5, 0.6) is 0 Å². The van der Waals surface area contributed by atoms with Gasteiger partial charge in [-0.05, 0) is 50.3 Å². The maximum atomic E-state index is 12.7. The fourth-order valence-corrected chi connectivity index (χ4v) is 4.58. The number of carbonyl (C=O) groups is 2. The van der Waals surface area contributed by atoms with Crippen LogP contribution in [0.2, 0.25) is 0 Å². The number of primary amides is 1. The molecule has 3 rings (SSSR count). The Morgan fingerprint density at radius 2 is 1.93 bits per heavy atom. The smallest absolute Gasteiger partial charge is 0.293 e.